The van der Waals surface area contributed by atoms with Crippen molar-refractivity contribution in [2.24, 2.45) is 11.3 Å². The summed E-state index contributed by atoms with van der Waals surface area (Å²) in [6, 6.07) is 0. The first-order valence-electron chi connectivity index (χ1n) is 4.56. The zero-order chi connectivity index (χ0) is 10.2. The Morgan fingerprint density at radius 2 is 2.08 bits per heavy atom. The molecule has 2 N–H and O–H groups in total. The highest BCUT2D eigenvalue weighted by Gasteiger charge is 2.38. The molecule has 0 aromatic heterocycles. The number of nitrogens with one attached hydrogen (secondary N) is 1. The maximum absolute atomic E-state index is 11.6. The summed E-state index contributed by atoms with van der Waals surface area (Å²) in [6.07, 6.45) is 0.711. The maximum atomic E-state index is 11.6. The largest absolute Gasteiger partial charge is 0.509 e. The number of likely N-dealkylation sites (N-methyl/N-ethyl adjacent to an activating group) is 1. The molecule has 1 aliphatic carbocycles. The minimum Gasteiger partial charge on any atom is -0.509 e. The Hall–Kier alpha value is -0.990. The standard InChI is InChI=1S/C10H17NO2/c1-6-5-10(2,3)9(13)7(11-4)8(6)12/h6,11,13H,5H2,1-4H3. The van der Waals surface area contributed by atoms with E-state index in [9.17, 15) is 9.90 Å². The fraction of sp³-hybridized carbons (Fsp3) is 0.700. The van der Waals surface area contributed by atoms with Crippen LogP contribution in [0.4, 0.5) is 0 Å². The maximum Gasteiger partial charge on any atom is 0.184 e. The molecule has 1 rings (SSSR count). The van der Waals surface area contributed by atoms with E-state index in [1.165, 1.54) is 0 Å². The van der Waals surface area contributed by atoms with Crippen LogP contribution in [0.5, 0.6) is 0 Å². The van der Waals surface area contributed by atoms with Crippen molar-refractivity contribution >= 4 is 5.78 Å². The number of carbonyl (C=O) groups is 1. The Morgan fingerprint density at radius 1 is 1.54 bits per heavy atom. The zero-order valence-electron chi connectivity index (χ0n) is 8.64. The summed E-state index contributed by atoms with van der Waals surface area (Å²) in [4.78, 5) is 11.6. The van der Waals surface area contributed by atoms with Crippen LogP contribution in [0.3, 0.4) is 0 Å². The van der Waals surface area contributed by atoms with E-state index in [1.807, 2.05) is 20.8 Å². The second kappa shape index (κ2) is 3.05. The van der Waals surface area contributed by atoms with Crippen molar-refractivity contribution in [3.8, 4) is 0 Å². The predicted molar refractivity (Wildman–Crippen MR) is 51.3 cm³/mol. The third-order valence-electron chi connectivity index (χ3n) is 2.64. The van der Waals surface area contributed by atoms with E-state index in [2.05, 4.69) is 5.32 Å². The molecule has 74 valence electrons. The van der Waals surface area contributed by atoms with E-state index < -0.39 is 0 Å². The highest BCUT2D eigenvalue weighted by atomic mass is 16.3. The van der Waals surface area contributed by atoms with Gasteiger partial charge in [-0.05, 0) is 6.42 Å². The highest BCUT2D eigenvalue weighted by Crippen LogP contribution is 2.38. The first-order valence-corrected chi connectivity index (χ1v) is 4.56. The van der Waals surface area contributed by atoms with Gasteiger partial charge in [0.15, 0.2) is 5.78 Å². The van der Waals surface area contributed by atoms with Crippen molar-refractivity contribution in [1.29, 1.82) is 0 Å². The van der Waals surface area contributed by atoms with Crippen LogP contribution in [0, 0.1) is 11.3 Å². The van der Waals surface area contributed by atoms with Crippen LogP contribution in [-0.2, 0) is 4.79 Å². The van der Waals surface area contributed by atoms with Crippen LogP contribution in [0.15, 0.2) is 11.5 Å². The van der Waals surface area contributed by atoms with Gasteiger partial charge in [-0.25, -0.2) is 0 Å². The SMILES string of the molecule is CNC1=C(O)C(C)(C)CC(C)C1=O. The van der Waals surface area contributed by atoms with E-state index in [-0.39, 0.29) is 22.9 Å². The molecule has 0 aromatic rings. The average Bonchev–Trinajstić information content (AvgIpc) is 2.02. The third-order valence-corrected chi connectivity index (χ3v) is 2.64. The molecule has 1 atom stereocenters. The summed E-state index contributed by atoms with van der Waals surface area (Å²) in [5.41, 5.74) is 0.0924. The number of aliphatic hydroxyl groups excluding tert-OH is 1. The Kier molecular flexibility index (Phi) is 2.37. The Balaban J connectivity index is 3.16. The molecule has 0 spiro atoms. The second-order valence-corrected chi connectivity index (χ2v) is 4.33. The summed E-state index contributed by atoms with van der Waals surface area (Å²) in [7, 11) is 1.66. The summed E-state index contributed by atoms with van der Waals surface area (Å²) < 4.78 is 0. The second-order valence-electron chi connectivity index (χ2n) is 4.33. The van der Waals surface area contributed by atoms with E-state index in [0.29, 0.717) is 12.1 Å². The topological polar surface area (TPSA) is 49.3 Å². The molecular weight excluding hydrogens is 166 g/mol. The third kappa shape index (κ3) is 1.55. The lowest BCUT2D eigenvalue weighted by Crippen LogP contribution is -2.36. The van der Waals surface area contributed by atoms with Gasteiger partial charge >= 0.3 is 0 Å². The molecule has 0 bridgehead atoms. The lowest BCUT2D eigenvalue weighted by molar-refractivity contribution is -0.121. The predicted octanol–water partition coefficient (Wildman–Crippen LogP) is 1.61. The number of hydrogen-bond acceptors (Lipinski definition) is 3. The van der Waals surface area contributed by atoms with Gasteiger partial charge in [0.1, 0.15) is 11.5 Å². The monoisotopic (exact) mass is 183 g/mol. The van der Waals surface area contributed by atoms with Gasteiger partial charge in [-0.2, -0.15) is 0 Å². The number of aliphatic hydroxyl groups is 1. The van der Waals surface area contributed by atoms with Crippen LogP contribution in [0.1, 0.15) is 27.2 Å². The van der Waals surface area contributed by atoms with Crippen molar-refractivity contribution < 1.29 is 9.90 Å². The van der Waals surface area contributed by atoms with Crippen LogP contribution >= 0.6 is 0 Å². The molecule has 0 amide bonds. The van der Waals surface area contributed by atoms with Crippen molar-refractivity contribution in [3.05, 3.63) is 11.5 Å². The lowest BCUT2D eigenvalue weighted by atomic mass is 9.74. The molecule has 3 heteroatoms. The van der Waals surface area contributed by atoms with E-state index in [4.69, 9.17) is 0 Å². The molecule has 0 saturated carbocycles. The number of rotatable bonds is 1. The number of hydrogen-bond donors (Lipinski definition) is 2. The fourth-order valence-electron chi connectivity index (χ4n) is 1.90. The molecule has 0 heterocycles. The summed E-state index contributed by atoms with van der Waals surface area (Å²) in [6.45, 7) is 5.79. The van der Waals surface area contributed by atoms with Gasteiger partial charge in [-0.3, -0.25) is 4.79 Å². The Labute approximate surface area is 78.8 Å². The fourth-order valence-corrected chi connectivity index (χ4v) is 1.90. The van der Waals surface area contributed by atoms with Crippen LogP contribution < -0.4 is 5.32 Å². The quantitative estimate of drug-likeness (QED) is 0.649. The molecule has 0 radical (unpaired) electrons. The number of carbonyl (C=O) groups excluding carboxylic acids is 1. The molecule has 1 unspecified atom stereocenters. The first kappa shape index (κ1) is 10.1. The zero-order valence-corrected chi connectivity index (χ0v) is 8.64. The summed E-state index contributed by atoms with van der Waals surface area (Å²) in [5.74, 6) is 0.200. The molecule has 0 aromatic carbocycles. The molecule has 13 heavy (non-hydrogen) atoms. The summed E-state index contributed by atoms with van der Waals surface area (Å²) in [5, 5.41) is 12.6. The van der Waals surface area contributed by atoms with Crippen LogP contribution in [0.2, 0.25) is 0 Å². The number of ketones is 1. The summed E-state index contributed by atoms with van der Waals surface area (Å²) >= 11 is 0. The van der Waals surface area contributed by atoms with Gasteiger partial charge in [0.2, 0.25) is 0 Å². The number of allylic oxidation sites excluding steroid dienone is 2. The van der Waals surface area contributed by atoms with Crippen molar-refractivity contribution in [2.75, 3.05) is 7.05 Å². The Bertz CT molecular complexity index is 266. The molecule has 0 fully saturated rings. The molecule has 0 aliphatic heterocycles. The normalized spacial score (nSPS) is 27.7. The van der Waals surface area contributed by atoms with Gasteiger partial charge in [0.05, 0.1) is 0 Å². The molecule has 0 saturated heterocycles. The van der Waals surface area contributed by atoms with Gasteiger partial charge in [0.25, 0.3) is 0 Å². The minimum atomic E-state index is -0.286. The highest BCUT2D eigenvalue weighted by molar-refractivity contribution is 5.97. The van der Waals surface area contributed by atoms with Crippen molar-refractivity contribution in [1.82, 2.24) is 5.32 Å². The molecule has 3 nitrogen and oxygen atoms in total. The van der Waals surface area contributed by atoms with E-state index >= 15 is 0 Å². The molecular formula is C10H17NO2. The first-order chi connectivity index (χ1) is 5.90. The Morgan fingerprint density at radius 3 is 2.54 bits per heavy atom. The smallest absolute Gasteiger partial charge is 0.184 e. The molecule has 1 aliphatic rings. The van der Waals surface area contributed by atoms with E-state index in [1.54, 1.807) is 7.05 Å². The van der Waals surface area contributed by atoms with Gasteiger partial charge < -0.3 is 10.4 Å². The van der Waals surface area contributed by atoms with Gasteiger partial charge in [-0.15, -0.1) is 0 Å². The van der Waals surface area contributed by atoms with Crippen molar-refractivity contribution in [3.63, 3.8) is 0 Å². The van der Waals surface area contributed by atoms with Crippen LogP contribution in [-0.4, -0.2) is 17.9 Å². The average molecular weight is 183 g/mol. The number of Topliss-reactive ketones (excluding diaryl/α,β-unsaturated/α-hetero) is 1. The van der Waals surface area contributed by atoms with Gasteiger partial charge in [0, 0.05) is 18.4 Å². The lowest BCUT2D eigenvalue weighted by Gasteiger charge is -2.33. The minimum absolute atomic E-state index is 0.00616. The van der Waals surface area contributed by atoms with E-state index in [0.717, 1.165) is 0 Å². The van der Waals surface area contributed by atoms with Gasteiger partial charge in [-0.1, -0.05) is 20.8 Å². The van der Waals surface area contributed by atoms with Crippen LogP contribution in [0.25, 0.3) is 0 Å². The van der Waals surface area contributed by atoms with Crippen molar-refractivity contribution in [2.45, 2.75) is 27.2 Å².